The van der Waals surface area contributed by atoms with E-state index in [4.69, 9.17) is 16.3 Å². The third-order valence-corrected chi connectivity index (χ3v) is 8.84. The molecular weight excluding hydrogens is 526 g/mol. The molecule has 1 fully saturated rings. The molecule has 3 N–H and O–H groups in total. The van der Waals surface area contributed by atoms with Crippen LogP contribution in [0.1, 0.15) is 44.2 Å². The van der Waals surface area contributed by atoms with E-state index in [-0.39, 0.29) is 22.0 Å². The fourth-order valence-electron chi connectivity index (χ4n) is 4.21. The maximum atomic E-state index is 12.8. The molecule has 1 aliphatic heterocycles. The lowest BCUT2D eigenvalue weighted by atomic mass is 9.95. The molecule has 2 aromatic heterocycles. The molecule has 5 rings (SSSR count). The van der Waals surface area contributed by atoms with Crippen LogP contribution in [0.4, 0.5) is 23.1 Å². The van der Waals surface area contributed by atoms with Crippen molar-refractivity contribution < 1.29 is 13.2 Å². The zero-order valence-corrected chi connectivity index (χ0v) is 23.4. The average Bonchev–Trinajstić information content (AvgIpc) is 3.62. The summed E-state index contributed by atoms with van der Waals surface area (Å²) in [7, 11) is -1.97. The van der Waals surface area contributed by atoms with Gasteiger partial charge in [0.2, 0.25) is 20.8 Å². The molecule has 0 atom stereocenters. The van der Waals surface area contributed by atoms with Crippen molar-refractivity contribution in [1.29, 1.82) is 0 Å². The van der Waals surface area contributed by atoms with Gasteiger partial charge in [-0.15, -0.1) is 0 Å². The second-order valence-corrected chi connectivity index (χ2v) is 12.7. The minimum absolute atomic E-state index is 0.0576. The van der Waals surface area contributed by atoms with Crippen LogP contribution in [0.2, 0.25) is 5.02 Å². The highest BCUT2D eigenvalue weighted by Crippen LogP contribution is 2.38. The van der Waals surface area contributed by atoms with Gasteiger partial charge in [-0.2, -0.15) is 10.1 Å². The zero-order chi connectivity index (χ0) is 27.0. The third kappa shape index (κ3) is 5.64. The van der Waals surface area contributed by atoms with E-state index in [1.54, 1.807) is 27.1 Å². The number of sulfone groups is 1. The Labute approximate surface area is 227 Å². The van der Waals surface area contributed by atoms with Gasteiger partial charge in [-0.1, -0.05) is 17.7 Å². The third-order valence-electron chi connectivity index (χ3n) is 6.48. The van der Waals surface area contributed by atoms with Crippen molar-refractivity contribution in [3.63, 3.8) is 0 Å². The maximum Gasteiger partial charge on any atom is 0.229 e. The molecule has 0 bridgehead atoms. The van der Waals surface area contributed by atoms with Crippen molar-refractivity contribution in [1.82, 2.24) is 25.1 Å². The number of aryl methyl sites for hydroxylation is 2. The van der Waals surface area contributed by atoms with E-state index >= 15 is 0 Å². The first-order valence-corrected chi connectivity index (χ1v) is 14.6. The summed E-state index contributed by atoms with van der Waals surface area (Å²) in [5, 5.41) is 13.4. The fourth-order valence-corrected chi connectivity index (χ4v) is 5.45. The molecule has 0 radical (unpaired) electrons. The van der Waals surface area contributed by atoms with Crippen LogP contribution in [0.15, 0.2) is 35.6 Å². The van der Waals surface area contributed by atoms with Crippen LogP contribution in [-0.2, 0) is 16.9 Å². The molecule has 1 aliphatic carbocycles. The lowest BCUT2D eigenvalue weighted by Gasteiger charge is -2.20. The topological polar surface area (TPSA) is 123 Å². The molecule has 0 saturated heterocycles. The van der Waals surface area contributed by atoms with Gasteiger partial charge in [0.05, 0.1) is 28.9 Å². The van der Waals surface area contributed by atoms with Crippen molar-refractivity contribution in [3.8, 4) is 5.75 Å². The molecule has 202 valence electrons. The Bertz CT molecular complexity index is 1500. The Hall–Kier alpha value is -3.15. The molecule has 38 heavy (non-hydrogen) atoms. The Kier molecular flexibility index (Phi) is 7.34. The Balaban J connectivity index is 1.46. The summed E-state index contributed by atoms with van der Waals surface area (Å²) in [4.78, 5) is 8.90. The summed E-state index contributed by atoms with van der Waals surface area (Å²) >= 11 is 6.40. The Morgan fingerprint density at radius 2 is 2.00 bits per heavy atom. The fraction of sp³-hybridized carbons (Fsp3) is 0.423. The molecule has 0 amide bonds. The van der Waals surface area contributed by atoms with Crippen LogP contribution < -0.4 is 20.7 Å². The predicted octanol–water partition coefficient (Wildman–Crippen LogP) is 4.76. The van der Waals surface area contributed by atoms with Gasteiger partial charge in [-0.05, 0) is 75.4 Å². The second-order valence-electron chi connectivity index (χ2n) is 9.92. The van der Waals surface area contributed by atoms with E-state index in [1.807, 2.05) is 0 Å². The van der Waals surface area contributed by atoms with Crippen molar-refractivity contribution >= 4 is 50.2 Å². The molecule has 2 aliphatic rings. The number of hydrogen-bond acceptors (Lipinski definition) is 9. The van der Waals surface area contributed by atoms with E-state index in [9.17, 15) is 8.42 Å². The number of anilines is 4. The molecule has 1 saturated carbocycles. The van der Waals surface area contributed by atoms with Gasteiger partial charge < -0.3 is 20.7 Å². The number of hydrogen-bond donors (Lipinski definition) is 3. The molecule has 10 nitrogen and oxygen atoms in total. The summed E-state index contributed by atoms with van der Waals surface area (Å²) in [5.41, 5.74) is 4.66. The average molecular weight is 558 g/mol. The standard InChI is InChI=1S/C26H32ClN7O3S/c1-15(2)38(35,36)25-22(14-34(4)33-25)30-24-20(27)13-29-26(32-24)31-21-11-16(3)19(17-7-9-28-10-8-17)12-23(21)37-18-5-6-18/h7,11-15,18,28H,5-6,8-10H2,1-4H3,(H2,29,30,31,32). The highest BCUT2D eigenvalue weighted by Gasteiger charge is 2.28. The van der Waals surface area contributed by atoms with Crippen LogP contribution >= 0.6 is 11.6 Å². The van der Waals surface area contributed by atoms with Crippen LogP contribution in [0.25, 0.3) is 5.57 Å². The second kappa shape index (κ2) is 10.5. The van der Waals surface area contributed by atoms with Gasteiger partial charge in [0.25, 0.3) is 0 Å². The zero-order valence-electron chi connectivity index (χ0n) is 21.9. The van der Waals surface area contributed by atoms with E-state index in [0.29, 0.717) is 11.6 Å². The van der Waals surface area contributed by atoms with Crippen molar-refractivity contribution in [3.05, 3.63) is 46.8 Å². The minimum Gasteiger partial charge on any atom is -0.488 e. The summed E-state index contributed by atoms with van der Waals surface area (Å²) < 4.78 is 33.4. The Morgan fingerprint density at radius 1 is 1.21 bits per heavy atom. The maximum absolute atomic E-state index is 12.8. The first-order valence-electron chi connectivity index (χ1n) is 12.7. The van der Waals surface area contributed by atoms with Crippen molar-refractivity contribution in [2.75, 3.05) is 23.7 Å². The summed E-state index contributed by atoms with van der Waals surface area (Å²) in [6.07, 6.45) is 8.53. The minimum atomic E-state index is -3.63. The molecule has 0 spiro atoms. The highest BCUT2D eigenvalue weighted by molar-refractivity contribution is 7.92. The van der Waals surface area contributed by atoms with Gasteiger partial charge >= 0.3 is 0 Å². The van der Waals surface area contributed by atoms with Gasteiger partial charge in [0, 0.05) is 19.8 Å². The monoisotopic (exact) mass is 557 g/mol. The smallest absolute Gasteiger partial charge is 0.229 e. The molecule has 3 aromatic rings. The summed E-state index contributed by atoms with van der Waals surface area (Å²) in [6, 6.07) is 4.15. The SMILES string of the molecule is Cc1cc(Nc2ncc(Cl)c(Nc3cn(C)nc3S(=O)(=O)C(C)C)n2)c(OC2CC2)cc1C1=CCNCC1. The first-order chi connectivity index (χ1) is 18.1. The normalized spacial score (nSPS) is 15.9. The number of nitrogens with one attached hydrogen (secondary N) is 3. The van der Waals surface area contributed by atoms with E-state index in [0.717, 1.165) is 49.4 Å². The lowest BCUT2D eigenvalue weighted by Crippen LogP contribution is -2.20. The number of benzene rings is 1. The van der Waals surface area contributed by atoms with E-state index in [2.05, 4.69) is 56.1 Å². The molecule has 1 aromatic carbocycles. The van der Waals surface area contributed by atoms with Crippen LogP contribution in [0.5, 0.6) is 5.75 Å². The first kappa shape index (κ1) is 26.5. The van der Waals surface area contributed by atoms with Gasteiger partial charge in [0.1, 0.15) is 10.8 Å². The molecular formula is C26H32ClN7O3S. The predicted molar refractivity (Wildman–Crippen MR) is 149 cm³/mol. The van der Waals surface area contributed by atoms with Crippen LogP contribution in [0.3, 0.4) is 0 Å². The number of aromatic nitrogens is 4. The quantitative estimate of drug-likeness (QED) is 0.341. The number of ether oxygens (including phenoxy) is 1. The highest BCUT2D eigenvalue weighted by atomic mass is 35.5. The summed E-state index contributed by atoms with van der Waals surface area (Å²) in [6.45, 7) is 7.13. The number of rotatable bonds is 9. The van der Waals surface area contributed by atoms with Crippen LogP contribution in [0, 0.1) is 6.92 Å². The Morgan fingerprint density at radius 3 is 2.68 bits per heavy atom. The summed E-state index contributed by atoms with van der Waals surface area (Å²) in [5.74, 6) is 1.30. The van der Waals surface area contributed by atoms with E-state index in [1.165, 1.54) is 22.0 Å². The largest absolute Gasteiger partial charge is 0.488 e. The van der Waals surface area contributed by atoms with Crippen molar-refractivity contribution in [2.24, 2.45) is 7.05 Å². The molecule has 12 heteroatoms. The lowest BCUT2D eigenvalue weighted by molar-refractivity contribution is 0.304. The van der Waals surface area contributed by atoms with E-state index < -0.39 is 15.1 Å². The van der Waals surface area contributed by atoms with Gasteiger partial charge in [0.15, 0.2) is 5.82 Å². The molecule has 3 heterocycles. The number of nitrogens with zero attached hydrogens (tertiary/aromatic N) is 4. The number of halogens is 1. The molecule has 0 unspecified atom stereocenters. The van der Waals surface area contributed by atoms with Crippen LogP contribution in [-0.4, -0.2) is 52.6 Å². The van der Waals surface area contributed by atoms with Gasteiger partial charge in [-0.3, -0.25) is 4.68 Å². The van der Waals surface area contributed by atoms with Gasteiger partial charge in [-0.25, -0.2) is 13.4 Å². The van der Waals surface area contributed by atoms with Crippen molar-refractivity contribution in [2.45, 2.75) is 56.4 Å².